The van der Waals surface area contributed by atoms with Crippen LogP contribution in [0.25, 0.3) is 11.5 Å². The van der Waals surface area contributed by atoms with Gasteiger partial charge < -0.3 is 4.42 Å². The number of halogens is 2. The van der Waals surface area contributed by atoms with Crippen molar-refractivity contribution in [3.8, 4) is 11.5 Å². The Morgan fingerprint density at radius 2 is 1.82 bits per heavy atom. The molecule has 5 nitrogen and oxygen atoms in total. The van der Waals surface area contributed by atoms with Gasteiger partial charge in [0, 0.05) is 43.3 Å². The Labute approximate surface area is 168 Å². The number of nitrogens with zero attached hydrogens (tertiary/aromatic N) is 4. The normalized spacial score (nSPS) is 17.0. The molecule has 28 heavy (non-hydrogen) atoms. The molecule has 0 N–H and O–H groups in total. The second-order valence-corrected chi connectivity index (χ2v) is 7.51. The predicted octanol–water partition coefficient (Wildman–Crippen LogP) is 4.41. The van der Waals surface area contributed by atoms with Crippen LogP contribution in [0, 0.1) is 5.82 Å². The monoisotopic (exact) mass is 400 g/mol. The number of piperazine rings is 1. The minimum atomic E-state index is -0.285. The van der Waals surface area contributed by atoms with Gasteiger partial charge in [-0.05, 0) is 48.9 Å². The molecule has 1 atom stereocenters. The van der Waals surface area contributed by atoms with E-state index in [-0.39, 0.29) is 11.9 Å². The third-order valence-corrected chi connectivity index (χ3v) is 5.37. The van der Waals surface area contributed by atoms with Gasteiger partial charge in [0.2, 0.25) is 11.8 Å². The second-order valence-electron chi connectivity index (χ2n) is 7.07. The molecule has 1 aliphatic heterocycles. The van der Waals surface area contributed by atoms with Crippen LogP contribution in [-0.2, 0) is 6.54 Å². The lowest BCUT2D eigenvalue weighted by atomic mass is 10.2. The van der Waals surface area contributed by atoms with Crippen molar-refractivity contribution in [2.75, 3.05) is 26.2 Å². The van der Waals surface area contributed by atoms with Gasteiger partial charge in [0.05, 0.1) is 6.04 Å². The third-order valence-electron chi connectivity index (χ3n) is 5.14. The van der Waals surface area contributed by atoms with Crippen LogP contribution < -0.4 is 0 Å². The number of benzene rings is 2. The topological polar surface area (TPSA) is 45.4 Å². The molecule has 146 valence electrons. The van der Waals surface area contributed by atoms with Crippen LogP contribution in [0.4, 0.5) is 4.39 Å². The van der Waals surface area contributed by atoms with Crippen LogP contribution in [0.5, 0.6) is 0 Å². The summed E-state index contributed by atoms with van der Waals surface area (Å²) in [5.74, 6) is 0.719. The summed E-state index contributed by atoms with van der Waals surface area (Å²) in [6.45, 7) is 6.77. The van der Waals surface area contributed by atoms with Crippen molar-refractivity contribution in [2.24, 2.45) is 0 Å². The van der Waals surface area contributed by atoms with E-state index < -0.39 is 0 Å². The summed E-state index contributed by atoms with van der Waals surface area (Å²) >= 11 is 6.08. The molecular weight excluding hydrogens is 379 g/mol. The predicted molar refractivity (Wildman–Crippen MR) is 106 cm³/mol. The Morgan fingerprint density at radius 1 is 1.07 bits per heavy atom. The first-order valence-electron chi connectivity index (χ1n) is 9.39. The Balaban J connectivity index is 1.35. The molecule has 0 saturated carbocycles. The summed E-state index contributed by atoms with van der Waals surface area (Å²) in [6, 6.07) is 14.1. The van der Waals surface area contributed by atoms with Crippen molar-refractivity contribution in [2.45, 2.75) is 19.5 Å². The largest absolute Gasteiger partial charge is 0.419 e. The molecule has 7 heteroatoms. The summed E-state index contributed by atoms with van der Waals surface area (Å²) in [6.07, 6.45) is 0. The van der Waals surface area contributed by atoms with Crippen molar-refractivity contribution in [3.05, 3.63) is 70.8 Å². The molecule has 0 unspecified atom stereocenters. The first-order chi connectivity index (χ1) is 13.6. The minimum Gasteiger partial charge on any atom is -0.419 e. The van der Waals surface area contributed by atoms with Gasteiger partial charge in [-0.25, -0.2) is 4.39 Å². The maximum atomic E-state index is 13.1. The van der Waals surface area contributed by atoms with E-state index in [0.29, 0.717) is 11.8 Å². The van der Waals surface area contributed by atoms with Crippen LogP contribution >= 0.6 is 11.6 Å². The first-order valence-corrected chi connectivity index (χ1v) is 9.76. The van der Waals surface area contributed by atoms with Crippen molar-refractivity contribution in [3.63, 3.8) is 0 Å². The minimum absolute atomic E-state index is 0.0371. The van der Waals surface area contributed by atoms with Gasteiger partial charge in [-0.3, -0.25) is 9.80 Å². The van der Waals surface area contributed by atoms with Crippen molar-refractivity contribution in [1.29, 1.82) is 0 Å². The zero-order valence-electron chi connectivity index (χ0n) is 15.7. The molecule has 2 aromatic carbocycles. The quantitative estimate of drug-likeness (QED) is 0.634. The van der Waals surface area contributed by atoms with Crippen LogP contribution in [-0.4, -0.2) is 46.2 Å². The average molecular weight is 401 g/mol. The molecule has 1 saturated heterocycles. The fourth-order valence-corrected chi connectivity index (χ4v) is 3.68. The molecule has 4 rings (SSSR count). The zero-order valence-corrected chi connectivity index (χ0v) is 16.4. The van der Waals surface area contributed by atoms with E-state index >= 15 is 0 Å². The molecule has 0 bridgehead atoms. The standard InChI is InChI=1S/C21H22ClFN4O/c1-15(20-24-25-21(28-20)17-5-7-19(23)8-6-17)27-11-9-26(10-12-27)14-16-3-2-4-18(22)13-16/h2-8,13,15H,9-12,14H2,1H3/t15-/m1/s1. The van der Waals surface area contributed by atoms with E-state index in [1.165, 1.54) is 17.7 Å². The molecule has 2 heterocycles. The highest BCUT2D eigenvalue weighted by Crippen LogP contribution is 2.25. The van der Waals surface area contributed by atoms with E-state index in [0.717, 1.165) is 43.3 Å². The maximum Gasteiger partial charge on any atom is 0.247 e. The van der Waals surface area contributed by atoms with E-state index in [1.54, 1.807) is 12.1 Å². The molecule has 3 aromatic rings. The van der Waals surface area contributed by atoms with Gasteiger partial charge in [-0.2, -0.15) is 0 Å². The fourth-order valence-electron chi connectivity index (χ4n) is 3.47. The fraction of sp³-hybridized carbons (Fsp3) is 0.333. The lowest BCUT2D eigenvalue weighted by Crippen LogP contribution is -2.46. The molecule has 1 aromatic heterocycles. The Hall–Kier alpha value is -2.28. The molecule has 0 spiro atoms. The molecule has 0 amide bonds. The van der Waals surface area contributed by atoms with E-state index in [4.69, 9.17) is 16.0 Å². The Morgan fingerprint density at radius 3 is 2.54 bits per heavy atom. The molecule has 0 aliphatic carbocycles. The Kier molecular flexibility index (Phi) is 5.71. The van der Waals surface area contributed by atoms with E-state index in [9.17, 15) is 4.39 Å². The number of hydrogen-bond donors (Lipinski definition) is 0. The molecule has 0 radical (unpaired) electrons. The summed E-state index contributed by atoms with van der Waals surface area (Å²) < 4.78 is 18.9. The highest BCUT2D eigenvalue weighted by molar-refractivity contribution is 6.30. The molecule has 1 fully saturated rings. The maximum absolute atomic E-state index is 13.1. The number of aromatic nitrogens is 2. The van der Waals surface area contributed by atoms with Gasteiger partial charge in [0.1, 0.15) is 5.82 Å². The Bertz CT molecular complexity index is 922. The lowest BCUT2D eigenvalue weighted by Gasteiger charge is -2.36. The summed E-state index contributed by atoms with van der Waals surface area (Å²) in [5.41, 5.74) is 1.95. The number of hydrogen-bond acceptors (Lipinski definition) is 5. The van der Waals surface area contributed by atoms with Crippen molar-refractivity contribution >= 4 is 11.6 Å². The highest BCUT2D eigenvalue weighted by atomic mass is 35.5. The van der Waals surface area contributed by atoms with Gasteiger partial charge in [0.25, 0.3) is 0 Å². The zero-order chi connectivity index (χ0) is 19.5. The smallest absolute Gasteiger partial charge is 0.247 e. The summed E-state index contributed by atoms with van der Waals surface area (Å²) in [5, 5.41) is 9.10. The van der Waals surface area contributed by atoms with Crippen molar-refractivity contribution < 1.29 is 8.81 Å². The molecular formula is C21H22ClFN4O. The summed E-state index contributed by atoms with van der Waals surface area (Å²) in [4.78, 5) is 4.77. The average Bonchev–Trinajstić information content (AvgIpc) is 3.19. The van der Waals surface area contributed by atoms with Gasteiger partial charge >= 0.3 is 0 Å². The first kappa shape index (κ1) is 19.1. The van der Waals surface area contributed by atoms with Gasteiger partial charge in [-0.15, -0.1) is 10.2 Å². The van der Waals surface area contributed by atoms with Crippen LogP contribution in [0.15, 0.2) is 52.9 Å². The van der Waals surface area contributed by atoms with Crippen molar-refractivity contribution in [1.82, 2.24) is 20.0 Å². The molecule has 1 aliphatic rings. The van der Waals surface area contributed by atoms with Gasteiger partial charge in [0.15, 0.2) is 0 Å². The summed E-state index contributed by atoms with van der Waals surface area (Å²) in [7, 11) is 0. The van der Waals surface area contributed by atoms with E-state index in [2.05, 4.69) is 33.0 Å². The third kappa shape index (κ3) is 4.41. The lowest BCUT2D eigenvalue weighted by molar-refractivity contribution is 0.0876. The number of rotatable bonds is 5. The van der Waals surface area contributed by atoms with E-state index in [1.807, 2.05) is 18.2 Å². The van der Waals surface area contributed by atoms with Crippen LogP contribution in [0.3, 0.4) is 0 Å². The second kappa shape index (κ2) is 8.39. The van der Waals surface area contributed by atoms with Gasteiger partial charge in [-0.1, -0.05) is 23.7 Å². The van der Waals surface area contributed by atoms with Crippen LogP contribution in [0.2, 0.25) is 5.02 Å². The van der Waals surface area contributed by atoms with Crippen LogP contribution in [0.1, 0.15) is 24.4 Å². The highest BCUT2D eigenvalue weighted by Gasteiger charge is 2.25. The SMILES string of the molecule is C[C@H](c1nnc(-c2ccc(F)cc2)o1)N1CCN(Cc2cccc(Cl)c2)CC1.